The molecule has 1 N–H and O–H groups in total. The normalized spacial score (nSPS) is 13.8. The van der Waals surface area contributed by atoms with Crippen LogP contribution in [-0.4, -0.2) is 35.4 Å². The number of oxime groups is 1. The smallest absolute Gasteiger partial charge is 0.364 e. The van der Waals surface area contributed by atoms with Gasteiger partial charge < -0.3 is 9.94 Å². The lowest BCUT2D eigenvalue weighted by atomic mass is 10.2. The van der Waals surface area contributed by atoms with Crippen LogP contribution in [0.2, 0.25) is 0 Å². The van der Waals surface area contributed by atoms with Crippen molar-refractivity contribution in [3.8, 4) is 0 Å². The van der Waals surface area contributed by atoms with Crippen molar-refractivity contribution in [2.75, 3.05) is 7.11 Å². The van der Waals surface area contributed by atoms with E-state index in [4.69, 9.17) is 5.21 Å². The Morgan fingerprint density at radius 3 is 2.42 bits per heavy atom. The molecule has 0 heterocycles. The van der Waals surface area contributed by atoms with Crippen molar-refractivity contribution >= 4 is 29.1 Å². The number of nitrogens with zero attached hydrogens (tertiary/aromatic N) is 1. The van der Waals surface area contributed by atoms with Crippen molar-refractivity contribution in [1.29, 1.82) is 0 Å². The van der Waals surface area contributed by atoms with Crippen LogP contribution in [0.25, 0.3) is 0 Å². The van der Waals surface area contributed by atoms with Gasteiger partial charge in [0, 0.05) is 0 Å². The molecule has 0 spiro atoms. The molecule has 1 atom stereocenters. The third-order valence-electron chi connectivity index (χ3n) is 0.910. The molecule has 0 aliphatic rings. The highest BCUT2D eigenvalue weighted by Crippen LogP contribution is 2.01. The zero-order valence-electron chi connectivity index (χ0n) is 5.95. The molecule has 5 nitrogen and oxygen atoms in total. The number of halogens is 2. The van der Waals surface area contributed by atoms with E-state index in [1.807, 2.05) is 0 Å². The maximum absolute atomic E-state index is 12.0. The van der Waals surface area contributed by atoms with Gasteiger partial charge in [0.2, 0.25) is 17.1 Å². The SMILES string of the molecule is COC(=O)C(=NO)C(=O)C(F)Cl. The van der Waals surface area contributed by atoms with Gasteiger partial charge in [-0.05, 0) is 0 Å². The summed E-state index contributed by atoms with van der Waals surface area (Å²) in [5, 5.41) is 10.3. The largest absolute Gasteiger partial charge is 0.464 e. The van der Waals surface area contributed by atoms with Gasteiger partial charge in [0.25, 0.3) is 0 Å². The lowest BCUT2D eigenvalue weighted by molar-refractivity contribution is -0.133. The second-order valence-corrected chi connectivity index (χ2v) is 1.99. The Morgan fingerprint density at radius 1 is 1.67 bits per heavy atom. The molecule has 0 rings (SSSR count). The fraction of sp³-hybridized carbons (Fsp3) is 0.400. The van der Waals surface area contributed by atoms with E-state index >= 15 is 0 Å². The molecule has 0 aromatic heterocycles. The number of rotatable bonds is 3. The molecule has 0 saturated carbocycles. The van der Waals surface area contributed by atoms with Gasteiger partial charge in [0.15, 0.2) is 0 Å². The second kappa shape index (κ2) is 4.66. The molecule has 0 fully saturated rings. The second-order valence-electron chi connectivity index (χ2n) is 1.61. The maximum atomic E-state index is 12.0. The molecule has 0 saturated heterocycles. The summed E-state index contributed by atoms with van der Waals surface area (Å²) >= 11 is 4.69. The Kier molecular flexibility index (Phi) is 4.20. The summed E-state index contributed by atoms with van der Waals surface area (Å²) in [6.45, 7) is 0. The zero-order valence-corrected chi connectivity index (χ0v) is 6.71. The number of Topliss-reactive ketones (excluding diaryl/α,β-unsaturated/α-hetero) is 1. The van der Waals surface area contributed by atoms with Gasteiger partial charge in [-0.15, -0.1) is 0 Å². The third kappa shape index (κ3) is 2.46. The first kappa shape index (κ1) is 10.8. The van der Waals surface area contributed by atoms with Crippen LogP contribution in [0.15, 0.2) is 5.16 Å². The summed E-state index contributed by atoms with van der Waals surface area (Å²) in [6, 6.07) is 0. The van der Waals surface area contributed by atoms with Crippen molar-refractivity contribution in [1.82, 2.24) is 0 Å². The van der Waals surface area contributed by atoms with E-state index in [1.165, 1.54) is 0 Å². The quantitative estimate of drug-likeness (QED) is 0.174. The standard InChI is InChI=1S/C5H5ClFNO4/c1-12-5(10)2(8-11)3(9)4(6)7/h4,11H,1H3. The molecule has 0 amide bonds. The number of alkyl halides is 2. The van der Waals surface area contributed by atoms with Gasteiger partial charge in [0.05, 0.1) is 7.11 Å². The summed E-state index contributed by atoms with van der Waals surface area (Å²) in [6.07, 6.45) is 0. The minimum Gasteiger partial charge on any atom is -0.464 e. The Bertz CT molecular complexity index is 227. The fourth-order valence-corrected chi connectivity index (χ4v) is 0.494. The summed E-state index contributed by atoms with van der Waals surface area (Å²) in [7, 11) is 0.947. The monoisotopic (exact) mass is 197 g/mol. The number of ether oxygens (including phenoxy) is 1. The number of carbonyl (C=O) groups excluding carboxylic acids is 2. The molecule has 0 aliphatic heterocycles. The van der Waals surface area contributed by atoms with Crippen LogP contribution in [0.4, 0.5) is 4.39 Å². The molecule has 0 radical (unpaired) electrons. The molecule has 68 valence electrons. The molecular weight excluding hydrogens is 193 g/mol. The number of hydrogen-bond acceptors (Lipinski definition) is 5. The predicted octanol–water partition coefficient (Wildman–Crippen LogP) is 0.0931. The molecule has 7 heteroatoms. The van der Waals surface area contributed by atoms with Crippen molar-refractivity contribution in [2.24, 2.45) is 5.16 Å². The van der Waals surface area contributed by atoms with Gasteiger partial charge in [-0.3, -0.25) is 4.79 Å². The number of hydrogen-bond donors (Lipinski definition) is 1. The Morgan fingerprint density at radius 2 is 2.17 bits per heavy atom. The van der Waals surface area contributed by atoms with Crippen LogP contribution in [0.1, 0.15) is 0 Å². The topological polar surface area (TPSA) is 76.0 Å². The van der Waals surface area contributed by atoms with E-state index in [0.29, 0.717) is 0 Å². The van der Waals surface area contributed by atoms with Crippen LogP contribution < -0.4 is 0 Å². The highest BCUT2D eigenvalue weighted by molar-refractivity contribution is 6.68. The molecular formula is C5H5ClFNO4. The Hall–Kier alpha value is -1.17. The van der Waals surface area contributed by atoms with E-state index in [9.17, 15) is 14.0 Å². The van der Waals surface area contributed by atoms with Gasteiger partial charge in [-0.25, -0.2) is 9.18 Å². The first-order chi connectivity index (χ1) is 5.54. The molecule has 12 heavy (non-hydrogen) atoms. The summed E-state index contributed by atoms with van der Waals surface area (Å²) in [4.78, 5) is 21.1. The number of ketones is 1. The lowest BCUT2D eigenvalue weighted by Gasteiger charge is -1.99. The Balaban J connectivity index is 4.60. The van der Waals surface area contributed by atoms with Gasteiger partial charge in [-0.1, -0.05) is 16.8 Å². The van der Waals surface area contributed by atoms with Crippen LogP contribution in [0.3, 0.4) is 0 Å². The average molecular weight is 198 g/mol. The molecule has 0 bridgehead atoms. The summed E-state index contributed by atoms with van der Waals surface area (Å²) in [5.74, 6) is -2.68. The van der Waals surface area contributed by atoms with Gasteiger partial charge >= 0.3 is 5.97 Å². The van der Waals surface area contributed by atoms with E-state index in [0.717, 1.165) is 7.11 Å². The highest BCUT2D eigenvalue weighted by Gasteiger charge is 2.28. The zero-order chi connectivity index (χ0) is 9.72. The summed E-state index contributed by atoms with van der Waals surface area (Å²) < 4.78 is 16.0. The third-order valence-corrected chi connectivity index (χ3v) is 1.11. The van der Waals surface area contributed by atoms with Crippen LogP contribution >= 0.6 is 11.6 Å². The first-order valence-electron chi connectivity index (χ1n) is 2.67. The van der Waals surface area contributed by atoms with Gasteiger partial charge in [-0.2, -0.15) is 0 Å². The van der Waals surface area contributed by atoms with Crippen molar-refractivity contribution in [3.63, 3.8) is 0 Å². The minimum absolute atomic E-state index is 0.947. The van der Waals surface area contributed by atoms with E-state index in [2.05, 4.69) is 21.5 Å². The Labute approximate surface area is 71.7 Å². The molecule has 1 unspecified atom stereocenters. The first-order valence-corrected chi connectivity index (χ1v) is 3.11. The van der Waals surface area contributed by atoms with Crippen molar-refractivity contribution in [2.45, 2.75) is 5.63 Å². The molecule has 0 aromatic rings. The van der Waals surface area contributed by atoms with Crippen LogP contribution in [0.5, 0.6) is 0 Å². The summed E-state index contributed by atoms with van der Waals surface area (Å²) in [5.41, 5.74) is -3.49. The van der Waals surface area contributed by atoms with Crippen molar-refractivity contribution < 1.29 is 23.9 Å². The van der Waals surface area contributed by atoms with E-state index < -0.39 is 23.1 Å². The van der Waals surface area contributed by atoms with Gasteiger partial charge in [0.1, 0.15) is 0 Å². The fourth-order valence-electron chi connectivity index (χ4n) is 0.391. The predicted molar refractivity (Wildman–Crippen MR) is 37.0 cm³/mol. The number of carbonyl (C=O) groups is 2. The average Bonchev–Trinajstić information content (AvgIpc) is 2.05. The number of methoxy groups -OCH3 is 1. The molecule has 0 aliphatic carbocycles. The van der Waals surface area contributed by atoms with E-state index in [-0.39, 0.29) is 0 Å². The van der Waals surface area contributed by atoms with Crippen LogP contribution in [0, 0.1) is 0 Å². The lowest BCUT2D eigenvalue weighted by Crippen LogP contribution is -2.29. The minimum atomic E-state index is -2.42. The maximum Gasteiger partial charge on any atom is 0.364 e. The van der Waals surface area contributed by atoms with E-state index in [1.54, 1.807) is 0 Å². The van der Waals surface area contributed by atoms with Crippen molar-refractivity contribution in [3.05, 3.63) is 0 Å². The highest BCUT2D eigenvalue weighted by atomic mass is 35.5. The number of esters is 1. The van der Waals surface area contributed by atoms with Crippen LogP contribution in [-0.2, 0) is 14.3 Å². The molecule has 0 aromatic carbocycles.